The second-order valence-electron chi connectivity index (χ2n) is 4.04. The van der Waals surface area contributed by atoms with E-state index in [0.29, 0.717) is 15.0 Å². The van der Waals surface area contributed by atoms with Gasteiger partial charge in [-0.25, -0.2) is 4.79 Å². The average Bonchev–Trinajstić information content (AvgIpc) is 2.91. The van der Waals surface area contributed by atoms with E-state index >= 15 is 0 Å². The molecule has 0 atom stereocenters. The third-order valence-corrected chi connectivity index (χ3v) is 4.03. The van der Waals surface area contributed by atoms with E-state index in [2.05, 4.69) is 26.3 Å². The molecule has 2 aromatic heterocycles. The Morgan fingerprint density at radius 1 is 1.50 bits per heavy atom. The van der Waals surface area contributed by atoms with E-state index < -0.39 is 5.97 Å². The maximum absolute atomic E-state index is 12.2. The fraction of sp³-hybridized carbons (Fsp3) is 0.250. The molecule has 8 heteroatoms. The number of carbonyl (C=O) groups excluding carboxylic acids is 2. The third-order valence-electron chi connectivity index (χ3n) is 2.49. The second kappa shape index (κ2) is 5.76. The van der Waals surface area contributed by atoms with Gasteiger partial charge in [0.25, 0.3) is 5.91 Å². The van der Waals surface area contributed by atoms with E-state index in [0.717, 1.165) is 4.88 Å². The summed E-state index contributed by atoms with van der Waals surface area (Å²) >= 11 is 4.58. The van der Waals surface area contributed by atoms with Gasteiger partial charge in [-0.2, -0.15) is 5.10 Å². The Labute approximate surface area is 127 Å². The van der Waals surface area contributed by atoms with E-state index in [-0.39, 0.29) is 11.6 Å². The molecule has 1 amide bonds. The number of esters is 1. The van der Waals surface area contributed by atoms with Crippen LogP contribution in [0.2, 0.25) is 0 Å². The summed E-state index contributed by atoms with van der Waals surface area (Å²) in [6, 6.07) is 1.68. The number of hydrogen-bond donors (Lipinski definition) is 1. The number of rotatable bonds is 3. The summed E-state index contributed by atoms with van der Waals surface area (Å²) < 4.78 is 6.81. The highest BCUT2D eigenvalue weighted by Gasteiger charge is 2.20. The van der Waals surface area contributed by atoms with E-state index in [1.807, 2.05) is 6.92 Å². The minimum atomic E-state index is -0.482. The summed E-state index contributed by atoms with van der Waals surface area (Å²) in [6.45, 7) is 1.85. The van der Waals surface area contributed by atoms with Crippen LogP contribution in [0.5, 0.6) is 0 Å². The maximum atomic E-state index is 12.2. The number of amides is 1. The Bertz CT molecular complexity index is 678. The highest BCUT2D eigenvalue weighted by molar-refractivity contribution is 9.10. The number of nitrogens with zero attached hydrogens (tertiary/aromatic N) is 2. The summed E-state index contributed by atoms with van der Waals surface area (Å²) in [5, 5.41) is 7.20. The normalized spacial score (nSPS) is 10.4. The number of aryl methyl sites for hydroxylation is 2. The number of aromatic nitrogens is 2. The summed E-state index contributed by atoms with van der Waals surface area (Å²) in [5.74, 6) is -0.866. The predicted molar refractivity (Wildman–Crippen MR) is 79.3 cm³/mol. The molecule has 2 heterocycles. The van der Waals surface area contributed by atoms with Crippen molar-refractivity contribution in [3.05, 3.63) is 32.9 Å². The molecule has 0 saturated heterocycles. The highest BCUT2D eigenvalue weighted by atomic mass is 79.9. The summed E-state index contributed by atoms with van der Waals surface area (Å²) in [5.41, 5.74) is 0.602. The zero-order valence-electron chi connectivity index (χ0n) is 11.1. The van der Waals surface area contributed by atoms with Crippen molar-refractivity contribution in [2.75, 3.05) is 12.4 Å². The first-order valence-electron chi connectivity index (χ1n) is 5.61. The molecule has 2 aromatic rings. The molecule has 0 aromatic carbocycles. The minimum absolute atomic E-state index is 0.259. The molecule has 0 aliphatic heterocycles. The van der Waals surface area contributed by atoms with Gasteiger partial charge in [0.2, 0.25) is 0 Å². The van der Waals surface area contributed by atoms with Crippen molar-refractivity contribution >= 4 is 44.1 Å². The van der Waals surface area contributed by atoms with Crippen molar-refractivity contribution in [3.8, 4) is 0 Å². The number of thiophene rings is 1. The van der Waals surface area contributed by atoms with Crippen LogP contribution in [0.3, 0.4) is 0 Å². The van der Waals surface area contributed by atoms with Crippen LogP contribution in [0.25, 0.3) is 0 Å². The third kappa shape index (κ3) is 2.91. The van der Waals surface area contributed by atoms with Crippen molar-refractivity contribution in [3.63, 3.8) is 0 Å². The molecule has 6 nitrogen and oxygen atoms in total. The molecular formula is C12H12BrN3O3S. The first kappa shape index (κ1) is 14.7. The number of methoxy groups -OCH3 is 1. The largest absolute Gasteiger partial charge is 0.465 e. The number of nitrogens with one attached hydrogen (secondary N) is 1. The molecule has 0 aliphatic carbocycles. The number of carbonyl (C=O) groups is 2. The Morgan fingerprint density at radius 2 is 2.20 bits per heavy atom. The zero-order chi connectivity index (χ0) is 14.9. The fourth-order valence-corrected chi connectivity index (χ4v) is 3.09. The standard InChI is InChI=1S/C12H12BrN3O3S/c1-6-4-7(12(18)19-3)11(20-6)14-10(17)9-8(13)5-16(2)15-9/h4-5H,1-3H3,(H,14,17). The van der Waals surface area contributed by atoms with Crippen LogP contribution in [0.15, 0.2) is 16.7 Å². The van der Waals surface area contributed by atoms with Gasteiger partial charge < -0.3 is 10.1 Å². The number of halogens is 1. The Morgan fingerprint density at radius 3 is 2.75 bits per heavy atom. The van der Waals surface area contributed by atoms with E-state index in [1.165, 1.54) is 23.1 Å². The van der Waals surface area contributed by atoms with Crippen molar-refractivity contribution in [2.24, 2.45) is 7.05 Å². The maximum Gasteiger partial charge on any atom is 0.340 e. The molecule has 2 rings (SSSR count). The number of anilines is 1. The highest BCUT2D eigenvalue weighted by Crippen LogP contribution is 2.29. The molecule has 20 heavy (non-hydrogen) atoms. The minimum Gasteiger partial charge on any atom is -0.465 e. The lowest BCUT2D eigenvalue weighted by Crippen LogP contribution is -2.15. The van der Waals surface area contributed by atoms with Gasteiger partial charge in [-0.1, -0.05) is 0 Å². The van der Waals surface area contributed by atoms with Gasteiger partial charge in [0, 0.05) is 18.1 Å². The molecular weight excluding hydrogens is 346 g/mol. The van der Waals surface area contributed by atoms with Crippen LogP contribution >= 0.6 is 27.3 Å². The lowest BCUT2D eigenvalue weighted by atomic mass is 10.3. The average molecular weight is 358 g/mol. The van der Waals surface area contributed by atoms with Crippen molar-refractivity contribution < 1.29 is 14.3 Å². The molecule has 0 spiro atoms. The van der Waals surface area contributed by atoms with Crippen LogP contribution in [0.4, 0.5) is 5.00 Å². The molecule has 106 valence electrons. The summed E-state index contributed by atoms with van der Waals surface area (Å²) in [4.78, 5) is 24.7. The molecule has 0 fully saturated rings. The van der Waals surface area contributed by atoms with Crippen LogP contribution in [-0.4, -0.2) is 28.8 Å². The molecule has 0 bridgehead atoms. The first-order valence-corrected chi connectivity index (χ1v) is 7.22. The molecule has 0 aliphatic rings. The van der Waals surface area contributed by atoms with Gasteiger partial charge in [-0.15, -0.1) is 11.3 Å². The van der Waals surface area contributed by atoms with Crippen molar-refractivity contribution in [1.82, 2.24) is 9.78 Å². The topological polar surface area (TPSA) is 73.2 Å². The smallest absolute Gasteiger partial charge is 0.340 e. The SMILES string of the molecule is COC(=O)c1cc(C)sc1NC(=O)c1nn(C)cc1Br. The monoisotopic (exact) mass is 357 g/mol. The summed E-state index contributed by atoms with van der Waals surface area (Å²) in [7, 11) is 3.02. The quantitative estimate of drug-likeness (QED) is 0.856. The molecule has 0 saturated carbocycles. The molecule has 0 unspecified atom stereocenters. The van der Waals surface area contributed by atoms with Gasteiger partial charge in [0.15, 0.2) is 5.69 Å². The first-order chi connectivity index (χ1) is 9.42. The van der Waals surface area contributed by atoms with E-state index in [1.54, 1.807) is 19.3 Å². The predicted octanol–water partition coefficient (Wildman–Crippen LogP) is 2.59. The fourth-order valence-electron chi connectivity index (χ4n) is 1.64. The molecule has 0 radical (unpaired) electrons. The van der Waals surface area contributed by atoms with Gasteiger partial charge in [-0.3, -0.25) is 9.48 Å². The Balaban J connectivity index is 2.28. The Hall–Kier alpha value is -1.67. The molecule has 1 N–H and O–H groups in total. The second-order valence-corrected chi connectivity index (χ2v) is 6.16. The van der Waals surface area contributed by atoms with Gasteiger partial charge >= 0.3 is 5.97 Å². The van der Waals surface area contributed by atoms with E-state index in [4.69, 9.17) is 4.74 Å². The number of hydrogen-bond acceptors (Lipinski definition) is 5. The van der Waals surface area contributed by atoms with Crippen molar-refractivity contribution in [2.45, 2.75) is 6.92 Å². The van der Waals surface area contributed by atoms with Crippen LogP contribution in [0, 0.1) is 6.92 Å². The van der Waals surface area contributed by atoms with Crippen molar-refractivity contribution in [1.29, 1.82) is 0 Å². The lowest BCUT2D eigenvalue weighted by Gasteiger charge is -2.03. The zero-order valence-corrected chi connectivity index (χ0v) is 13.5. The van der Waals surface area contributed by atoms with Crippen LogP contribution in [0.1, 0.15) is 25.7 Å². The lowest BCUT2D eigenvalue weighted by molar-refractivity contribution is 0.0602. The Kier molecular flexibility index (Phi) is 4.24. The van der Waals surface area contributed by atoms with Gasteiger partial charge in [0.05, 0.1) is 17.1 Å². The van der Waals surface area contributed by atoms with Crippen LogP contribution < -0.4 is 5.32 Å². The van der Waals surface area contributed by atoms with Crippen LogP contribution in [-0.2, 0) is 11.8 Å². The number of ether oxygens (including phenoxy) is 1. The van der Waals surface area contributed by atoms with E-state index in [9.17, 15) is 9.59 Å². The van der Waals surface area contributed by atoms with Gasteiger partial charge in [0.1, 0.15) is 5.00 Å². The summed E-state index contributed by atoms with van der Waals surface area (Å²) in [6.07, 6.45) is 1.68. The van der Waals surface area contributed by atoms with Gasteiger partial charge in [-0.05, 0) is 28.9 Å².